The van der Waals surface area contributed by atoms with Gasteiger partial charge in [0.05, 0.1) is 5.69 Å². The lowest BCUT2D eigenvalue weighted by Gasteiger charge is -2.11. The Kier molecular flexibility index (Phi) is 5.75. The highest BCUT2D eigenvalue weighted by Crippen LogP contribution is 2.42. The van der Waals surface area contributed by atoms with Gasteiger partial charge in [-0.1, -0.05) is 34.9 Å². The Morgan fingerprint density at radius 2 is 1.45 bits per heavy atom. The van der Waals surface area contributed by atoms with E-state index in [1.54, 1.807) is 22.9 Å². The Morgan fingerprint density at radius 1 is 0.909 bits per heavy atom. The van der Waals surface area contributed by atoms with Crippen molar-refractivity contribution in [2.45, 2.75) is 43.4 Å². The van der Waals surface area contributed by atoms with Crippen molar-refractivity contribution >= 4 is 27.3 Å². The third kappa shape index (κ3) is 3.96. The van der Waals surface area contributed by atoms with Gasteiger partial charge in [0, 0.05) is 9.79 Å². The van der Waals surface area contributed by atoms with Gasteiger partial charge in [-0.3, -0.25) is 0 Å². The molecule has 0 spiro atoms. The molecule has 0 heterocycles. The van der Waals surface area contributed by atoms with Crippen molar-refractivity contribution in [1.82, 2.24) is 0 Å². The number of aryl methyl sites for hydroxylation is 3. The molecule has 0 bridgehead atoms. The molecule has 2 aromatic rings. The van der Waals surface area contributed by atoms with Gasteiger partial charge in [0.2, 0.25) is 0 Å². The zero-order valence-electron chi connectivity index (χ0n) is 12.9. The van der Waals surface area contributed by atoms with Gasteiger partial charge in [-0.05, 0) is 61.2 Å². The van der Waals surface area contributed by atoms with Gasteiger partial charge < -0.3 is 5.73 Å². The highest BCUT2D eigenvalue weighted by atomic mass is 33.1. The largest absolute Gasteiger partial charge is 0.396 e. The summed E-state index contributed by atoms with van der Waals surface area (Å²) in [6.45, 7) is 5.78. The summed E-state index contributed by atoms with van der Waals surface area (Å²) in [4.78, 5) is 1.95. The summed E-state index contributed by atoms with van der Waals surface area (Å²) in [6, 6.07) is 6.58. The number of hydrogen-bond acceptors (Lipinski definition) is 3. The minimum atomic E-state index is -0.393. The van der Waals surface area contributed by atoms with Crippen LogP contribution in [0.4, 0.5) is 14.5 Å². The van der Waals surface area contributed by atoms with E-state index in [-0.39, 0.29) is 11.5 Å². The minimum Gasteiger partial charge on any atom is -0.396 e. The van der Waals surface area contributed by atoms with Crippen LogP contribution in [-0.4, -0.2) is 0 Å². The molecule has 0 aliphatic rings. The zero-order valence-corrected chi connectivity index (χ0v) is 14.5. The monoisotopic (exact) mass is 339 g/mol. The molecule has 0 amide bonds. The van der Waals surface area contributed by atoms with Gasteiger partial charge in [0.25, 0.3) is 0 Å². The van der Waals surface area contributed by atoms with Crippen LogP contribution in [0.3, 0.4) is 0 Å². The molecule has 0 saturated carbocycles. The number of rotatable bonds is 5. The SMILES string of the molecule is CCCc1cc(SSc2cc(N)c(F)cc2C)c(C)cc1F. The lowest BCUT2D eigenvalue weighted by molar-refractivity contribution is 0.604. The second kappa shape index (κ2) is 7.38. The number of anilines is 1. The molecule has 0 aliphatic heterocycles. The molecule has 2 rings (SSSR count). The maximum atomic E-state index is 13.9. The van der Waals surface area contributed by atoms with E-state index in [0.717, 1.165) is 39.3 Å². The van der Waals surface area contributed by atoms with E-state index in [4.69, 9.17) is 5.73 Å². The number of benzene rings is 2. The third-order valence-corrected chi connectivity index (χ3v) is 6.03. The van der Waals surface area contributed by atoms with E-state index in [1.807, 2.05) is 26.8 Å². The average Bonchev–Trinajstić information content (AvgIpc) is 2.45. The zero-order chi connectivity index (χ0) is 16.3. The highest BCUT2D eigenvalue weighted by molar-refractivity contribution is 8.76. The second-order valence-corrected chi connectivity index (χ2v) is 7.48. The molecule has 0 radical (unpaired) electrons. The van der Waals surface area contributed by atoms with Crippen molar-refractivity contribution in [3.63, 3.8) is 0 Å². The molecular formula is C17H19F2NS2. The molecule has 0 saturated heterocycles. The normalized spacial score (nSPS) is 11.0. The maximum Gasteiger partial charge on any atom is 0.146 e. The highest BCUT2D eigenvalue weighted by Gasteiger charge is 2.10. The first-order chi connectivity index (χ1) is 10.4. The third-order valence-electron chi connectivity index (χ3n) is 3.38. The van der Waals surface area contributed by atoms with Crippen LogP contribution in [0.15, 0.2) is 34.1 Å². The summed E-state index contributed by atoms with van der Waals surface area (Å²) in [5.41, 5.74) is 8.27. The summed E-state index contributed by atoms with van der Waals surface area (Å²) in [7, 11) is 3.07. The first kappa shape index (κ1) is 17.2. The Balaban J connectivity index is 2.21. The van der Waals surface area contributed by atoms with E-state index < -0.39 is 5.82 Å². The second-order valence-electron chi connectivity index (χ2n) is 5.26. The van der Waals surface area contributed by atoms with E-state index in [0.29, 0.717) is 0 Å². The first-order valence-corrected chi connectivity index (χ1v) is 9.26. The Labute approximate surface area is 138 Å². The van der Waals surface area contributed by atoms with Gasteiger partial charge in [-0.25, -0.2) is 8.78 Å². The standard InChI is InChI=1S/C17H19F2NS2/c1-4-5-12-8-16(10(2)6-13(12)18)21-22-17-9-15(20)14(19)7-11(17)3/h6-9H,4-5,20H2,1-3H3. The fraction of sp³-hybridized carbons (Fsp3) is 0.294. The van der Waals surface area contributed by atoms with Gasteiger partial charge in [-0.15, -0.1) is 0 Å². The predicted octanol–water partition coefficient (Wildman–Crippen LogP) is 5.92. The molecule has 5 heteroatoms. The van der Waals surface area contributed by atoms with Crippen molar-refractivity contribution in [1.29, 1.82) is 0 Å². The van der Waals surface area contributed by atoms with Crippen LogP contribution in [0.1, 0.15) is 30.0 Å². The van der Waals surface area contributed by atoms with Crippen LogP contribution in [0.25, 0.3) is 0 Å². The quantitative estimate of drug-likeness (QED) is 0.541. The Morgan fingerprint density at radius 3 is 2.05 bits per heavy atom. The van der Waals surface area contributed by atoms with Crippen molar-refractivity contribution < 1.29 is 8.78 Å². The summed E-state index contributed by atoms with van der Waals surface area (Å²) in [6.07, 6.45) is 1.64. The molecule has 0 fully saturated rings. The number of hydrogen-bond donors (Lipinski definition) is 1. The average molecular weight is 339 g/mol. The van der Waals surface area contributed by atoms with E-state index in [9.17, 15) is 8.78 Å². The van der Waals surface area contributed by atoms with Crippen LogP contribution >= 0.6 is 21.6 Å². The van der Waals surface area contributed by atoms with Crippen molar-refractivity contribution in [2.75, 3.05) is 5.73 Å². The molecule has 2 N–H and O–H groups in total. The van der Waals surface area contributed by atoms with Gasteiger partial charge in [0.15, 0.2) is 0 Å². The van der Waals surface area contributed by atoms with Crippen LogP contribution in [0.2, 0.25) is 0 Å². The molecule has 0 aromatic heterocycles. The first-order valence-electron chi connectivity index (χ1n) is 7.11. The summed E-state index contributed by atoms with van der Waals surface area (Å²) in [5.74, 6) is -0.536. The predicted molar refractivity (Wildman–Crippen MR) is 92.4 cm³/mol. The molecule has 118 valence electrons. The van der Waals surface area contributed by atoms with E-state index in [2.05, 4.69) is 0 Å². The summed E-state index contributed by atoms with van der Waals surface area (Å²) >= 11 is 0. The van der Waals surface area contributed by atoms with E-state index >= 15 is 0 Å². The van der Waals surface area contributed by atoms with E-state index in [1.165, 1.54) is 16.9 Å². The molecular weight excluding hydrogens is 320 g/mol. The van der Waals surface area contributed by atoms with Gasteiger partial charge in [0.1, 0.15) is 11.6 Å². The van der Waals surface area contributed by atoms with Crippen LogP contribution in [0, 0.1) is 25.5 Å². The smallest absolute Gasteiger partial charge is 0.146 e. The lowest BCUT2D eigenvalue weighted by atomic mass is 10.1. The molecule has 1 nitrogen and oxygen atoms in total. The minimum absolute atomic E-state index is 0.143. The maximum absolute atomic E-state index is 13.9. The molecule has 2 aromatic carbocycles. The Bertz CT molecular complexity index is 687. The van der Waals surface area contributed by atoms with Gasteiger partial charge >= 0.3 is 0 Å². The molecule has 0 aliphatic carbocycles. The fourth-order valence-corrected chi connectivity index (χ4v) is 4.64. The molecule has 0 unspecified atom stereocenters. The van der Waals surface area contributed by atoms with Crippen LogP contribution in [-0.2, 0) is 6.42 Å². The number of halogens is 2. The summed E-state index contributed by atoms with van der Waals surface area (Å²) in [5, 5.41) is 0. The lowest BCUT2D eigenvalue weighted by Crippen LogP contribution is -1.93. The summed E-state index contributed by atoms with van der Waals surface area (Å²) < 4.78 is 27.3. The molecule has 22 heavy (non-hydrogen) atoms. The fourth-order valence-electron chi connectivity index (χ4n) is 2.09. The number of nitrogen functional groups attached to an aromatic ring is 1. The van der Waals surface area contributed by atoms with Crippen LogP contribution < -0.4 is 5.73 Å². The van der Waals surface area contributed by atoms with Crippen molar-refractivity contribution in [3.8, 4) is 0 Å². The number of nitrogens with two attached hydrogens (primary N) is 1. The van der Waals surface area contributed by atoms with Crippen LogP contribution in [0.5, 0.6) is 0 Å². The van der Waals surface area contributed by atoms with Crippen molar-refractivity contribution in [2.24, 2.45) is 0 Å². The van der Waals surface area contributed by atoms with Crippen molar-refractivity contribution in [3.05, 3.63) is 52.6 Å². The Hall–Kier alpha value is -1.20. The topological polar surface area (TPSA) is 26.0 Å². The molecule has 0 atom stereocenters. The van der Waals surface area contributed by atoms with Gasteiger partial charge in [-0.2, -0.15) is 0 Å².